The number of hydrogen-bond donors (Lipinski definition) is 1. The van der Waals surface area contributed by atoms with Crippen molar-refractivity contribution in [2.24, 2.45) is 0 Å². The molecule has 1 aromatic carbocycles. The average molecular weight is 290 g/mol. The highest BCUT2D eigenvalue weighted by atomic mass is 16.5. The summed E-state index contributed by atoms with van der Waals surface area (Å²) in [5, 5.41) is 2.79. The molecule has 0 unspecified atom stereocenters. The second-order valence-electron chi connectivity index (χ2n) is 5.96. The third kappa shape index (κ3) is 3.17. The molecule has 21 heavy (non-hydrogen) atoms. The van der Waals surface area contributed by atoms with Gasteiger partial charge in [0, 0.05) is 18.7 Å². The summed E-state index contributed by atoms with van der Waals surface area (Å²) < 4.78 is 5.56. The first-order valence-electron chi connectivity index (χ1n) is 7.19. The zero-order chi connectivity index (χ0) is 15.6. The lowest BCUT2D eigenvalue weighted by Crippen LogP contribution is -2.63. The van der Waals surface area contributed by atoms with Crippen LogP contribution in [0.1, 0.15) is 38.1 Å². The maximum atomic E-state index is 12.6. The third-order valence-electron chi connectivity index (χ3n) is 3.57. The van der Waals surface area contributed by atoms with Crippen LogP contribution in [0.15, 0.2) is 24.3 Å². The molecule has 0 spiro atoms. The number of hydrogen-bond acceptors (Lipinski definition) is 3. The second-order valence-corrected chi connectivity index (χ2v) is 5.96. The van der Waals surface area contributed by atoms with E-state index in [9.17, 15) is 9.59 Å². The van der Waals surface area contributed by atoms with Crippen LogP contribution >= 0.6 is 0 Å². The van der Waals surface area contributed by atoms with Crippen molar-refractivity contribution in [3.8, 4) is 5.75 Å². The van der Waals surface area contributed by atoms with E-state index >= 15 is 0 Å². The van der Waals surface area contributed by atoms with Crippen LogP contribution in [-0.4, -0.2) is 41.4 Å². The lowest BCUT2D eigenvalue weighted by atomic mass is 9.97. The number of rotatable bonds is 3. The number of nitrogens with one attached hydrogen (secondary N) is 1. The van der Waals surface area contributed by atoms with Gasteiger partial charge in [0.15, 0.2) is 0 Å². The SMILES string of the molecule is CC(C)Oc1ccc(C(=O)N2CCNC(=O)C2(C)C)cc1. The molecule has 5 heteroatoms. The Morgan fingerprint density at radius 2 is 1.90 bits per heavy atom. The van der Waals surface area contributed by atoms with Crippen molar-refractivity contribution in [2.75, 3.05) is 13.1 Å². The molecule has 1 heterocycles. The van der Waals surface area contributed by atoms with Crippen LogP contribution in [0.2, 0.25) is 0 Å². The van der Waals surface area contributed by atoms with Crippen molar-refractivity contribution in [3.05, 3.63) is 29.8 Å². The van der Waals surface area contributed by atoms with E-state index in [1.54, 1.807) is 43.0 Å². The first-order chi connectivity index (χ1) is 9.82. The van der Waals surface area contributed by atoms with Crippen molar-refractivity contribution in [3.63, 3.8) is 0 Å². The third-order valence-corrected chi connectivity index (χ3v) is 3.57. The van der Waals surface area contributed by atoms with E-state index in [-0.39, 0.29) is 17.9 Å². The summed E-state index contributed by atoms with van der Waals surface area (Å²) >= 11 is 0. The molecule has 114 valence electrons. The number of carbonyl (C=O) groups is 2. The van der Waals surface area contributed by atoms with Crippen LogP contribution in [-0.2, 0) is 4.79 Å². The summed E-state index contributed by atoms with van der Waals surface area (Å²) in [7, 11) is 0. The molecule has 1 aliphatic heterocycles. The first-order valence-corrected chi connectivity index (χ1v) is 7.19. The van der Waals surface area contributed by atoms with Gasteiger partial charge < -0.3 is 15.0 Å². The maximum Gasteiger partial charge on any atom is 0.254 e. The van der Waals surface area contributed by atoms with Crippen molar-refractivity contribution < 1.29 is 14.3 Å². The molecule has 5 nitrogen and oxygen atoms in total. The fourth-order valence-electron chi connectivity index (χ4n) is 2.36. The molecular weight excluding hydrogens is 268 g/mol. The summed E-state index contributed by atoms with van der Waals surface area (Å²) in [6.07, 6.45) is 0.0938. The number of ether oxygens (including phenoxy) is 1. The molecule has 2 amide bonds. The Labute approximate surface area is 125 Å². The number of amides is 2. The molecule has 2 rings (SSSR count). The monoisotopic (exact) mass is 290 g/mol. The van der Waals surface area contributed by atoms with E-state index in [0.717, 1.165) is 5.75 Å². The van der Waals surface area contributed by atoms with Gasteiger partial charge >= 0.3 is 0 Å². The molecule has 1 fully saturated rings. The van der Waals surface area contributed by atoms with Gasteiger partial charge in [0.25, 0.3) is 5.91 Å². The Kier molecular flexibility index (Phi) is 4.21. The highest BCUT2D eigenvalue weighted by molar-refractivity contribution is 5.99. The molecular formula is C16H22N2O3. The smallest absolute Gasteiger partial charge is 0.254 e. The number of carbonyl (C=O) groups excluding carboxylic acids is 2. The topological polar surface area (TPSA) is 58.6 Å². The minimum absolute atomic E-state index is 0.0938. The maximum absolute atomic E-state index is 12.6. The minimum atomic E-state index is -0.831. The average Bonchev–Trinajstić information content (AvgIpc) is 2.41. The van der Waals surface area contributed by atoms with Crippen LogP contribution in [0.25, 0.3) is 0 Å². The quantitative estimate of drug-likeness (QED) is 0.924. The number of benzene rings is 1. The van der Waals surface area contributed by atoms with Gasteiger partial charge in [-0.05, 0) is 52.0 Å². The Morgan fingerprint density at radius 1 is 1.29 bits per heavy atom. The fourth-order valence-corrected chi connectivity index (χ4v) is 2.36. The molecule has 0 aliphatic carbocycles. The summed E-state index contributed by atoms with van der Waals surface area (Å²) in [5.74, 6) is 0.477. The molecule has 1 saturated heterocycles. The van der Waals surface area contributed by atoms with E-state index in [4.69, 9.17) is 4.74 Å². The van der Waals surface area contributed by atoms with Crippen LogP contribution < -0.4 is 10.1 Å². The lowest BCUT2D eigenvalue weighted by Gasteiger charge is -2.41. The largest absolute Gasteiger partial charge is 0.491 e. The van der Waals surface area contributed by atoms with Gasteiger partial charge in [0.05, 0.1) is 6.10 Å². The van der Waals surface area contributed by atoms with E-state index in [0.29, 0.717) is 18.7 Å². The number of piperazine rings is 1. The molecule has 0 radical (unpaired) electrons. The van der Waals surface area contributed by atoms with Gasteiger partial charge in [-0.3, -0.25) is 9.59 Å². The predicted molar refractivity (Wildman–Crippen MR) is 80.3 cm³/mol. The highest BCUT2D eigenvalue weighted by Gasteiger charge is 2.40. The van der Waals surface area contributed by atoms with Crippen LogP contribution in [0, 0.1) is 0 Å². The molecule has 0 saturated carbocycles. The molecule has 0 bridgehead atoms. The van der Waals surface area contributed by atoms with Gasteiger partial charge in [0.2, 0.25) is 5.91 Å². The van der Waals surface area contributed by atoms with Gasteiger partial charge in [0.1, 0.15) is 11.3 Å². The standard InChI is InChI=1S/C16H22N2O3/c1-11(2)21-13-7-5-12(6-8-13)14(19)18-10-9-17-15(20)16(18,3)4/h5-8,11H,9-10H2,1-4H3,(H,17,20). The Balaban J connectivity index is 2.17. The van der Waals surface area contributed by atoms with Crippen molar-refractivity contribution in [1.29, 1.82) is 0 Å². The number of nitrogens with zero attached hydrogens (tertiary/aromatic N) is 1. The van der Waals surface area contributed by atoms with Gasteiger partial charge in [-0.2, -0.15) is 0 Å². The van der Waals surface area contributed by atoms with Crippen LogP contribution in [0.3, 0.4) is 0 Å². The zero-order valence-electron chi connectivity index (χ0n) is 13.0. The summed E-state index contributed by atoms with van der Waals surface area (Å²) in [6, 6.07) is 7.04. The minimum Gasteiger partial charge on any atom is -0.491 e. The molecule has 1 N–H and O–H groups in total. The molecule has 1 aliphatic rings. The van der Waals surface area contributed by atoms with E-state index in [1.807, 2.05) is 13.8 Å². The normalized spacial score (nSPS) is 17.6. The molecule has 0 aromatic heterocycles. The van der Waals surface area contributed by atoms with E-state index < -0.39 is 5.54 Å². The van der Waals surface area contributed by atoms with Gasteiger partial charge in [-0.25, -0.2) is 0 Å². The Hall–Kier alpha value is -2.04. The first kappa shape index (κ1) is 15.4. The van der Waals surface area contributed by atoms with Crippen molar-refractivity contribution in [2.45, 2.75) is 39.3 Å². The zero-order valence-corrected chi connectivity index (χ0v) is 13.0. The second kappa shape index (κ2) is 5.76. The highest BCUT2D eigenvalue weighted by Crippen LogP contribution is 2.22. The Morgan fingerprint density at radius 3 is 2.48 bits per heavy atom. The van der Waals surface area contributed by atoms with Crippen molar-refractivity contribution >= 4 is 11.8 Å². The van der Waals surface area contributed by atoms with Crippen molar-refractivity contribution in [1.82, 2.24) is 10.2 Å². The summed E-state index contributed by atoms with van der Waals surface area (Å²) in [6.45, 7) is 8.43. The fraction of sp³-hybridized carbons (Fsp3) is 0.500. The van der Waals surface area contributed by atoms with Gasteiger partial charge in [-0.15, -0.1) is 0 Å². The van der Waals surface area contributed by atoms with E-state index in [2.05, 4.69) is 5.32 Å². The lowest BCUT2D eigenvalue weighted by molar-refractivity contribution is -0.133. The summed E-state index contributed by atoms with van der Waals surface area (Å²) in [5.41, 5.74) is -0.267. The van der Waals surface area contributed by atoms with Crippen LogP contribution in [0.5, 0.6) is 5.75 Å². The van der Waals surface area contributed by atoms with Crippen LogP contribution in [0.4, 0.5) is 0 Å². The van der Waals surface area contributed by atoms with Gasteiger partial charge in [-0.1, -0.05) is 0 Å². The Bertz CT molecular complexity index is 535. The molecule has 1 aromatic rings. The van der Waals surface area contributed by atoms with E-state index in [1.165, 1.54) is 0 Å². The predicted octanol–water partition coefficient (Wildman–Crippen LogP) is 1.82. The summed E-state index contributed by atoms with van der Waals surface area (Å²) in [4.78, 5) is 26.1. The molecule has 0 atom stereocenters.